The predicted octanol–water partition coefficient (Wildman–Crippen LogP) is 4.80. The second-order valence-corrected chi connectivity index (χ2v) is 7.45. The summed E-state index contributed by atoms with van der Waals surface area (Å²) in [6, 6.07) is 9.24. The molecule has 0 saturated carbocycles. The minimum Gasteiger partial charge on any atom is -0.317 e. The summed E-state index contributed by atoms with van der Waals surface area (Å²) in [6.45, 7) is 15.8. The van der Waals surface area contributed by atoms with E-state index in [4.69, 9.17) is 0 Å². The Bertz CT molecular complexity index is 370. The molecule has 1 atom stereocenters. The maximum atomic E-state index is 3.51. The summed E-state index contributed by atoms with van der Waals surface area (Å²) < 4.78 is 0. The van der Waals surface area contributed by atoms with E-state index in [0.29, 0.717) is 0 Å². The number of hydrogen-bond donors (Lipinski definition) is 1. The molecule has 0 saturated heterocycles. The van der Waals surface area contributed by atoms with Crippen LogP contribution >= 0.6 is 0 Å². The fourth-order valence-corrected chi connectivity index (χ4v) is 2.73. The average Bonchev–Trinajstić information content (AvgIpc) is 2.35. The smallest absolute Gasteiger partial charge is 0.00174 e. The van der Waals surface area contributed by atoms with Gasteiger partial charge in [0.15, 0.2) is 0 Å². The minimum absolute atomic E-state index is 0.250. The van der Waals surface area contributed by atoms with Crippen molar-refractivity contribution in [3.8, 4) is 0 Å². The van der Waals surface area contributed by atoms with Crippen LogP contribution in [0.4, 0.5) is 0 Å². The van der Waals surface area contributed by atoms with Crippen molar-refractivity contribution >= 4 is 0 Å². The first kappa shape index (κ1) is 17.2. The Morgan fingerprint density at radius 3 is 2.10 bits per heavy atom. The van der Waals surface area contributed by atoms with E-state index in [1.54, 1.807) is 0 Å². The number of benzene rings is 1. The van der Waals surface area contributed by atoms with Crippen LogP contribution < -0.4 is 5.32 Å². The van der Waals surface area contributed by atoms with Crippen molar-refractivity contribution < 1.29 is 0 Å². The van der Waals surface area contributed by atoms with E-state index < -0.39 is 0 Å². The monoisotopic (exact) mass is 275 g/mol. The van der Waals surface area contributed by atoms with Crippen molar-refractivity contribution in [3.63, 3.8) is 0 Å². The molecule has 20 heavy (non-hydrogen) atoms. The molecule has 0 spiro atoms. The Balaban J connectivity index is 2.68. The molecule has 1 rings (SSSR count). The van der Waals surface area contributed by atoms with Crippen LogP contribution in [0.2, 0.25) is 0 Å². The first-order valence-corrected chi connectivity index (χ1v) is 8.13. The zero-order chi connectivity index (χ0) is 15.2. The molecule has 0 radical (unpaired) electrons. The molecule has 0 heterocycles. The van der Waals surface area contributed by atoms with Gasteiger partial charge in [0.05, 0.1) is 0 Å². The third-order valence-electron chi connectivity index (χ3n) is 3.83. The molecule has 1 N–H and O–H groups in total. The van der Waals surface area contributed by atoms with Crippen LogP contribution in [-0.2, 0) is 11.8 Å². The number of hydrogen-bond acceptors (Lipinski definition) is 1. The Labute approximate surface area is 126 Å². The third kappa shape index (κ3) is 6.09. The molecule has 1 unspecified atom stereocenters. The van der Waals surface area contributed by atoms with Gasteiger partial charge in [0.25, 0.3) is 0 Å². The van der Waals surface area contributed by atoms with Gasteiger partial charge >= 0.3 is 0 Å². The van der Waals surface area contributed by atoms with E-state index >= 15 is 0 Å². The van der Waals surface area contributed by atoms with E-state index in [9.17, 15) is 0 Å². The van der Waals surface area contributed by atoms with Crippen LogP contribution in [0.15, 0.2) is 24.3 Å². The van der Waals surface area contributed by atoms with Gasteiger partial charge in [-0.2, -0.15) is 0 Å². The van der Waals surface area contributed by atoms with Gasteiger partial charge < -0.3 is 5.32 Å². The van der Waals surface area contributed by atoms with E-state index in [0.717, 1.165) is 24.9 Å². The zero-order valence-electron chi connectivity index (χ0n) is 14.3. The van der Waals surface area contributed by atoms with Crippen molar-refractivity contribution in [2.24, 2.45) is 11.8 Å². The summed E-state index contributed by atoms with van der Waals surface area (Å²) >= 11 is 0. The van der Waals surface area contributed by atoms with Gasteiger partial charge in [0.1, 0.15) is 0 Å². The molecule has 1 aromatic carbocycles. The summed E-state index contributed by atoms with van der Waals surface area (Å²) in [5.41, 5.74) is 3.15. The lowest BCUT2D eigenvalue weighted by atomic mass is 9.85. The van der Waals surface area contributed by atoms with Crippen LogP contribution in [0.5, 0.6) is 0 Å². The predicted molar refractivity (Wildman–Crippen MR) is 90.3 cm³/mol. The van der Waals surface area contributed by atoms with Crippen molar-refractivity contribution in [3.05, 3.63) is 35.4 Å². The fraction of sp³-hybridized carbons (Fsp3) is 0.684. The lowest BCUT2D eigenvalue weighted by Crippen LogP contribution is -2.25. The molecule has 0 amide bonds. The maximum Gasteiger partial charge on any atom is -0.00174 e. The highest BCUT2D eigenvalue weighted by Crippen LogP contribution is 2.23. The van der Waals surface area contributed by atoms with Crippen LogP contribution in [-0.4, -0.2) is 13.1 Å². The standard InChI is InChI=1S/C19H33N/c1-7-20-14-17(12-15(2)3)13-16-8-10-18(11-9-16)19(4,5)6/h8-11,15,17,20H,7,12-14H2,1-6H3. The van der Waals surface area contributed by atoms with E-state index in [1.807, 2.05) is 0 Å². The molecule has 0 aliphatic heterocycles. The highest BCUT2D eigenvalue weighted by molar-refractivity contribution is 5.27. The second-order valence-electron chi connectivity index (χ2n) is 7.45. The van der Waals surface area contributed by atoms with Gasteiger partial charge in [-0.15, -0.1) is 0 Å². The lowest BCUT2D eigenvalue weighted by molar-refractivity contribution is 0.388. The molecule has 1 aromatic rings. The maximum absolute atomic E-state index is 3.51. The molecular formula is C19H33N. The van der Waals surface area contributed by atoms with Crippen molar-refractivity contribution in [1.82, 2.24) is 5.32 Å². The summed E-state index contributed by atoms with van der Waals surface area (Å²) in [6.07, 6.45) is 2.49. The van der Waals surface area contributed by atoms with E-state index in [-0.39, 0.29) is 5.41 Å². The molecule has 1 heteroatoms. The van der Waals surface area contributed by atoms with Gasteiger partial charge in [-0.1, -0.05) is 65.8 Å². The van der Waals surface area contributed by atoms with Crippen molar-refractivity contribution in [2.75, 3.05) is 13.1 Å². The molecular weight excluding hydrogens is 242 g/mol. The summed E-state index contributed by atoms with van der Waals surface area (Å²) in [7, 11) is 0. The number of rotatable bonds is 7. The van der Waals surface area contributed by atoms with Crippen molar-refractivity contribution in [1.29, 1.82) is 0 Å². The second kappa shape index (κ2) is 7.83. The first-order valence-electron chi connectivity index (χ1n) is 8.13. The Morgan fingerprint density at radius 2 is 1.65 bits per heavy atom. The normalized spacial score (nSPS) is 13.8. The first-order chi connectivity index (χ1) is 9.32. The van der Waals surface area contributed by atoms with Gasteiger partial charge in [0, 0.05) is 0 Å². The minimum atomic E-state index is 0.250. The summed E-state index contributed by atoms with van der Waals surface area (Å²) in [4.78, 5) is 0. The van der Waals surface area contributed by atoms with Crippen molar-refractivity contribution in [2.45, 2.75) is 59.8 Å². The zero-order valence-corrected chi connectivity index (χ0v) is 14.3. The molecule has 0 aliphatic rings. The Morgan fingerprint density at radius 1 is 1.05 bits per heavy atom. The quantitative estimate of drug-likeness (QED) is 0.754. The van der Waals surface area contributed by atoms with Gasteiger partial charge in [-0.05, 0) is 54.3 Å². The lowest BCUT2D eigenvalue weighted by Gasteiger charge is -2.21. The largest absolute Gasteiger partial charge is 0.317 e. The topological polar surface area (TPSA) is 12.0 Å². The van der Waals surface area contributed by atoms with Crippen LogP contribution in [0.25, 0.3) is 0 Å². The molecule has 0 bridgehead atoms. The summed E-state index contributed by atoms with van der Waals surface area (Å²) in [5, 5.41) is 3.51. The molecule has 0 aromatic heterocycles. The van der Waals surface area contributed by atoms with Gasteiger partial charge in [-0.25, -0.2) is 0 Å². The molecule has 0 fully saturated rings. The van der Waals surface area contributed by atoms with Crippen LogP contribution in [0.1, 0.15) is 59.1 Å². The Kier molecular flexibility index (Phi) is 6.75. The van der Waals surface area contributed by atoms with E-state index in [2.05, 4.69) is 71.1 Å². The summed E-state index contributed by atoms with van der Waals surface area (Å²) in [5.74, 6) is 1.52. The highest BCUT2D eigenvalue weighted by Gasteiger charge is 2.15. The third-order valence-corrected chi connectivity index (χ3v) is 3.83. The Hall–Kier alpha value is -0.820. The average molecular weight is 275 g/mol. The fourth-order valence-electron chi connectivity index (χ4n) is 2.73. The van der Waals surface area contributed by atoms with Gasteiger partial charge in [0.2, 0.25) is 0 Å². The van der Waals surface area contributed by atoms with E-state index in [1.165, 1.54) is 24.0 Å². The molecule has 0 aliphatic carbocycles. The molecule has 114 valence electrons. The SMILES string of the molecule is CCNCC(Cc1ccc(C(C)(C)C)cc1)CC(C)C. The number of nitrogens with one attached hydrogen (secondary N) is 1. The van der Waals surface area contributed by atoms with Gasteiger partial charge in [-0.3, -0.25) is 0 Å². The highest BCUT2D eigenvalue weighted by atomic mass is 14.8. The van der Waals surface area contributed by atoms with Crippen LogP contribution in [0, 0.1) is 11.8 Å². The van der Waals surface area contributed by atoms with Crippen LogP contribution in [0.3, 0.4) is 0 Å². The molecule has 1 nitrogen and oxygen atoms in total.